The van der Waals surface area contributed by atoms with Gasteiger partial charge in [-0.15, -0.1) is 0 Å². The number of nitrogens with two attached hydrogens (primary N) is 1. The average Bonchev–Trinajstić information content (AvgIpc) is 3.27. The number of aliphatic hydroxyl groups is 1. The van der Waals surface area contributed by atoms with E-state index in [2.05, 4.69) is 15.1 Å². The van der Waals surface area contributed by atoms with Gasteiger partial charge in [0.05, 0.1) is 35.7 Å². The molecule has 1 fully saturated rings. The Kier molecular flexibility index (Phi) is 7.28. The van der Waals surface area contributed by atoms with E-state index in [0.717, 1.165) is 23.1 Å². The molecule has 1 saturated carbocycles. The predicted molar refractivity (Wildman–Crippen MR) is 136 cm³/mol. The fourth-order valence-electron chi connectivity index (χ4n) is 5.34. The van der Waals surface area contributed by atoms with Crippen LogP contribution < -0.4 is 5.73 Å². The minimum atomic E-state index is -0.692. The first-order valence-corrected chi connectivity index (χ1v) is 12.6. The van der Waals surface area contributed by atoms with Crippen molar-refractivity contribution in [1.82, 2.24) is 19.6 Å². The van der Waals surface area contributed by atoms with Gasteiger partial charge in [0.25, 0.3) is 0 Å². The van der Waals surface area contributed by atoms with E-state index in [-0.39, 0.29) is 35.7 Å². The normalized spacial score (nSPS) is 22.0. The van der Waals surface area contributed by atoms with E-state index in [1.807, 2.05) is 26.1 Å². The number of fused-ring (bicyclic) bond motifs is 1. The molecule has 7 nitrogen and oxygen atoms in total. The molecule has 1 aromatic carbocycles. The lowest BCUT2D eigenvalue weighted by atomic mass is 9.74. The van der Waals surface area contributed by atoms with Gasteiger partial charge in [0.15, 0.2) is 0 Å². The van der Waals surface area contributed by atoms with Crippen LogP contribution in [0.5, 0.6) is 0 Å². The topological polar surface area (TPSA) is 98.6 Å². The number of pyridine rings is 1. The highest BCUT2D eigenvalue weighted by atomic mass is 19.1. The van der Waals surface area contributed by atoms with Crippen LogP contribution in [0.4, 0.5) is 8.78 Å². The number of rotatable bonds is 7. The van der Waals surface area contributed by atoms with Crippen LogP contribution in [-0.4, -0.2) is 43.4 Å². The van der Waals surface area contributed by atoms with Gasteiger partial charge in [-0.05, 0) is 78.6 Å². The van der Waals surface area contributed by atoms with Crippen LogP contribution >= 0.6 is 0 Å². The summed E-state index contributed by atoms with van der Waals surface area (Å²) in [6.45, 7) is 4.44. The van der Waals surface area contributed by atoms with Gasteiger partial charge in [-0.1, -0.05) is 6.92 Å². The third kappa shape index (κ3) is 5.12. The number of hydrogen-bond donors (Lipinski definition) is 2. The Labute approximate surface area is 214 Å². The summed E-state index contributed by atoms with van der Waals surface area (Å²) in [5.41, 5.74) is 9.47. The molecule has 4 atom stereocenters. The minimum Gasteiger partial charge on any atom is -0.391 e. The van der Waals surface area contributed by atoms with Crippen molar-refractivity contribution in [3.8, 4) is 11.3 Å². The van der Waals surface area contributed by atoms with Gasteiger partial charge in [-0.25, -0.2) is 18.3 Å². The van der Waals surface area contributed by atoms with Crippen molar-refractivity contribution in [3.63, 3.8) is 0 Å². The predicted octanol–water partition coefficient (Wildman–Crippen LogP) is 4.40. The molecule has 0 aliphatic heterocycles. The van der Waals surface area contributed by atoms with E-state index >= 15 is 0 Å². The van der Waals surface area contributed by atoms with Gasteiger partial charge < -0.3 is 15.6 Å². The summed E-state index contributed by atoms with van der Waals surface area (Å²) >= 11 is 0. The lowest BCUT2D eigenvalue weighted by molar-refractivity contribution is 0.0519. The molecule has 5 rings (SSSR count). The van der Waals surface area contributed by atoms with E-state index < -0.39 is 17.7 Å². The first-order valence-electron chi connectivity index (χ1n) is 12.6. The summed E-state index contributed by atoms with van der Waals surface area (Å²) < 4.78 is 36.8. The van der Waals surface area contributed by atoms with Crippen molar-refractivity contribution < 1.29 is 18.6 Å². The van der Waals surface area contributed by atoms with Crippen molar-refractivity contribution in [3.05, 3.63) is 83.1 Å². The lowest BCUT2D eigenvalue weighted by Gasteiger charge is -2.36. The molecule has 0 bridgehead atoms. The molecule has 0 spiro atoms. The molecular formula is C28H31F2N5O2. The maximum absolute atomic E-state index is 15.0. The van der Waals surface area contributed by atoms with Crippen molar-refractivity contribution in [1.29, 1.82) is 0 Å². The van der Waals surface area contributed by atoms with Crippen LogP contribution in [0.1, 0.15) is 55.1 Å². The largest absolute Gasteiger partial charge is 0.391 e. The second kappa shape index (κ2) is 10.6. The van der Waals surface area contributed by atoms with Crippen LogP contribution in [0.15, 0.2) is 48.9 Å². The second-order valence-corrected chi connectivity index (χ2v) is 9.85. The van der Waals surface area contributed by atoms with Crippen LogP contribution in [0.2, 0.25) is 0 Å². The Balaban J connectivity index is 1.47. The lowest BCUT2D eigenvalue weighted by Crippen LogP contribution is -2.44. The number of imidazole rings is 1. The van der Waals surface area contributed by atoms with Crippen molar-refractivity contribution in [2.24, 2.45) is 11.7 Å². The third-order valence-corrected chi connectivity index (χ3v) is 7.25. The number of hydrogen-bond acceptors (Lipinski definition) is 6. The molecular weight excluding hydrogens is 476 g/mol. The first-order chi connectivity index (χ1) is 17.9. The second-order valence-electron chi connectivity index (χ2n) is 9.85. The molecule has 4 aromatic rings. The SMILES string of the molecule is CCOCc1cc(F)c(-c2ccc3cnc(Cc4cnccc4C4C[C@@H](N)[C@@H](O)[C@@H](C)C4)n3n2)c(F)c1. The Morgan fingerprint density at radius 2 is 1.92 bits per heavy atom. The van der Waals surface area contributed by atoms with Crippen molar-refractivity contribution in [2.75, 3.05) is 6.61 Å². The number of aromatic nitrogens is 4. The first kappa shape index (κ1) is 25.4. The highest BCUT2D eigenvalue weighted by molar-refractivity contribution is 5.63. The van der Waals surface area contributed by atoms with Gasteiger partial charge in [0.2, 0.25) is 0 Å². The van der Waals surface area contributed by atoms with Crippen molar-refractivity contribution in [2.45, 2.75) is 57.8 Å². The fourth-order valence-corrected chi connectivity index (χ4v) is 5.34. The summed E-state index contributed by atoms with van der Waals surface area (Å²) in [6.07, 6.45) is 6.72. The molecule has 37 heavy (non-hydrogen) atoms. The highest BCUT2D eigenvalue weighted by Gasteiger charge is 2.33. The van der Waals surface area contributed by atoms with Crippen LogP contribution in [0, 0.1) is 17.6 Å². The molecule has 3 N–H and O–H groups in total. The zero-order valence-corrected chi connectivity index (χ0v) is 20.9. The fraction of sp³-hybridized carbons (Fsp3) is 0.393. The molecule has 3 aromatic heterocycles. The van der Waals surface area contributed by atoms with Gasteiger partial charge >= 0.3 is 0 Å². The van der Waals surface area contributed by atoms with Crippen LogP contribution in [0.3, 0.4) is 0 Å². The van der Waals surface area contributed by atoms with Crippen LogP contribution in [-0.2, 0) is 17.8 Å². The van der Waals surface area contributed by atoms with Gasteiger partial charge in [0, 0.05) is 31.5 Å². The quantitative estimate of drug-likeness (QED) is 0.385. The van der Waals surface area contributed by atoms with Gasteiger partial charge in [-0.2, -0.15) is 5.10 Å². The number of halogens is 2. The third-order valence-electron chi connectivity index (χ3n) is 7.25. The summed E-state index contributed by atoms with van der Waals surface area (Å²) in [4.78, 5) is 8.87. The summed E-state index contributed by atoms with van der Waals surface area (Å²) in [5.74, 6) is -0.464. The number of nitrogens with zero attached hydrogens (tertiary/aromatic N) is 4. The van der Waals surface area contributed by atoms with Crippen molar-refractivity contribution >= 4 is 5.52 Å². The van der Waals surface area contributed by atoms with E-state index in [0.29, 0.717) is 30.8 Å². The molecule has 194 valence electrons. The zero-order chi connectivity index (χ0) is 26.1. The Morgan fingerprint density at radius 1 is 1.14 bits per heavy atom. The maximum Gasteiger partial charge on any atom is 0.135 e. The summed E-state index contributed by atoms with van der Waals surface area (Å²) in [6, 6.07) is 7.62. The Hall–Kier alpha value is -3.27. The molecule has 1 unspecified atom stereocenters. The molecule has 1 aliphatic rings. The monoisotopic (exact) mass is 507 g/mol. The standard InChI is InChI=1S/C28H31F2N5O2/c1-3-37-15-17-9-22(29)27(23(30)10-17)25-5-4-20-14-33-26(35(20)34-25)12-19-13-32-7-6-21(19)18-8-16(2)28(36)24(31)11-18/h4-7,9-10,13-14,16,18,24,28,36H,3,8,11-12,15,31H2,1-2H3/t16-,18?,24+,28-/m0/s1. The Bertz CT molecular complexity index is 1370. The average molecular weight is 508 g/mol. The van der Waals surface area contributed by atoms with E-state index in [9.17, 15) is 13.9 Å². The summed E-state index contributed by atoms with van der Waals surface area (Å²) in [5, 5.41) is 14.9. The van der Waals surface area contributed by atoms with Gasteiger partial charge in [0.1, 0.15) is 17.5 Å². The molecule has 0 radical (unpaired) electrons. The number of ether oxygens (including phenoxy) is 1. The minimum absolute atomic E-state index is 0.0935. The molecule has 0 saturated heterocycles. The molecule has 9 heteroatoms. The summed E-state index contributed by atoms with van der Waals surface area (Å²) in [7, 11) is 0. The number of aliphatic hydroxyl groups excluding tert-OH is 1. The van der Waals surface area contributed by atoms with Gasteiger partial charge in [-0.3, -0.25) is 4.98 Å². The highest BCUT2D eigenvalue weighted by Crippen LogP contribution is 2.37. The maximum atomic E-state index is 15.0. The smallest absolute Gasteiger partial charge is 0.135 e. The van der Waals surface area contributed by atoms with E-state index in [1.54, 1.807) is 29.0 Å². The molecule has 3 heterocycles. The number of benzene rings is 1. The Morgan fingerprint density at radius 3 is 2.65 bits per heavy atom. The molecule has 0 amide bonds. The molecule has 1 aliphatic carbocycles. The van der Waals surface area contributed by atoms with E-state index in [4.69, 9.17) is 10.5 Å². The van der Waals surface area contributed by atoms with Crippen LogP contribution in [0.25, 0.3) is 16.8 Å². The van der Waals surface area contributed by atoms with E-state index in [1.165, 1.54) is 12.1 Å². The zero-order valence-electron chi connectivity index (χ0n) is 20.9.